The van der Waals surface area contributed by atoms with Gasteiger partial charge in [-0.3, -0.25) is 9.52 Å². The third-order valence-corrected chi connectivity index (χ3v) is 5.04. The summed E-state index contributed by atoms with van der Waals surface area (Å²) in [5.41, 5.74) is 11.3. The van der Waals surface area contributed by atoms with E-state index in [1.54, 1.807) is 18.2 Å². The van der Waals surface area contributed by atoms with Gasteiger partial charge in [-0.15, -0.1) is 0 Å². The van der Waals surface area contributed by atoms with E-state index in [1.165, 1.54) is 24.3 Å². The van der Waals surface area contributed by atoms with E-state index in [-0.39, 0.29) is 16.1 Å². The number of nitrogens with two attached hydrogens (primary N) is 2. The van der Waals surface area contributed by atoms with Crippen LogP contribution in [0, 0.1) is 0 Å². The largest absolute Gasteiger partial charge is 0.399 e. The molecule has 2 aromatic carbocycles. The Hall–Kier alpha value is -2.06. The van der Waals surface area contributed by atoms with Crippen LogP contribution in [0.25, 0.3) is 0 Å². The van der Waals surface area contributed by atoms with Crippen molar-refractivity contribution in [3.05, 3.63) is 52.5 Å². The van der Waals surface area contributed by atoms with Crippen molar-refractivity contribution >= 4 is 43.2 Å². The smallest absolute Gasteiger partial charge is 0.263 e. The fraction of sp³-hybridized carbons (Fsp3) is 0. The molecule has 0 radical (unpaired) electrons. The molecule has 0 saturated carbocycles. The number of carbonyl (C=O) groups excluding carboxylic acids is 1. The van der Waals surface area contributed by atoms with E-state index in [4.69, 9.17) is 11.5 Å². The molecule has 110 valence electrons. The van der Waals surface area contributed by atoms with Gasteiger partial charge in [-0.25, -0.2) is 8.42 Å². The molecular weight excluding hydrogens is 358 g/mol. The number of halogens is 1. The Bertz CT molecular complexity index is 806. The molecular formula is C13H12BrN3O3S. The summed E-state index contributed by atoms with van der Waals surface area (Å²) in [6.45, 7) is 0. The van der Waals surface area contributed by atoms with E-state index in [0.717, 1.165) is 0 Å². The molecule has 0 aliphatic rings. The topological polar surface area (TPSA) is 115 Å². The molecule has 0 saturated heterocycles. The van der Waals surface area contributed by atoms with Crippen molar-refractivity contribution in [3.63, 3.8) is 0 Å². The minimum absolute atomic E-state index is 0.0261. The quantitative estimate of drug-likeness (QED) is 0.713. The summed E-state index contributed by atoms with van der Waals surface area (Å²) in [6.07, 6.45) is 0. The molecule has 0 fully saturated rings. The third-order valence-electron chi connectivity index (χ3n) is 2.68. The van der Waals surface area contributed by atoms with Crippen LogP contribution in [0.3, 0.4) is 0 Å². The van der Waals surface area contributed by atoms with Crippen molar-refractivity contribution in [2.45, 2.75) is 4.90 Å². The van der Waals surface area contributed by atoms with E-state index in [1.807, 2.05) is 0 Å². The van der Waals surface area contributed by atoms with E-state index >= 15 is 0 Å². The lowest BCUT2D eigenvalue weighted by Crippen LogP contribution is -2.19. The number of rotatable bonds is 4. The maximum atomic E-state index is 12.4. The maximum absolute atomic E-state index is 12.4. The van der Waals surface area contributed by atoms with Gasteiger partial charge in [0.1, 0.15) is 4.90 Å². The SMILES string of the molecule is NC(=O)c1ccccc1NS(=O)(=O)c1cc(N)ccc1Br. The standard InChI is InChI=1S/C13H12BrN3O3S/c14-10-6-5-8(15)7-12(10)21(19,20)17-11-4-2-1-3-9(11)13(16)18/h1-7,17H,15H2,(H2,16,18). The van der Waals surface area contributed by atoms with Gasteiger partial charge in [-0.05, 0) is 46.3 Å². The van der Waals surface area contributed by atoms with E-state index in [0.29, 0.717) is 10.2 Å². The van der Waals surface area contributed by atoms with Gasteiger partial charge in [0.15, 0.2) is 0 Å². The molecule has 0 unspecified atom stereocenters. The Morgan fingerprint density at radius 1 is 1.14 bits per heavy atom. The van der Waals surface area contributed by atoms with Crippen molar-refractivity contribution in [3.8, 4) is 0 Å². The summed E-state index contributed by atoms with van der Waals surface area (Å²) in [5.74, 6) is -0.722. The third kappa shape index (κ3) is 3.34. The number of sulfonamides is 1. The summed E-state index contributed by atoms with van der Waals surface area (Å²) < 4.78 is 27.5. The molecule has 0 heterocycles. The van der Waals surface area contributed by atoms with Crippen LogP contribution in [0.15, 0.2) is 51.8 Å². The molecule has 21 heavy (non-hydrogen) atoms. The molecule has 0 aliphatic carbocycles. The maximum Gasteiger partial charge on any atom is 0.263 e. The highest BCUT2D eigenvalue weighted by atomic mass is 79.9. The number of hydrogen-bond donors (Lipinski definition) is 3. The van der Waals surface area contributed by atoms with Crippen LogP contribution < -0.4 is 16.2 Å². The molecule has 1 amide bonds. The van der Waals surface area contributed by atoms with Crippen LogP contribution >= 0.6 is 15.9 Å². The number of anilines is 2. The van der Waals surface area contributed by atoms with Gasteiger partial charge in [-0.1, -0.05) is 12.1 Å². The summed E-state index contributed by atoms with van der Waals surface area (Å²) in [6, 6.07) is 10.5. The second-order valence-corrected chi connectivity index (χ2v) is 6.71. The zero-order chi connectivity index (χ0) is 15.6. The number of para-hydroxylation sites is 1. The van der Waals surface area contributed by atoms with Crippen molar-refractivity contribution in [2.24, 2.45) is 5.73 Å². The average molecular weight is 370 g/mol. The van der Waals surface area contributed by atoms with Crippen molar-refractivity contribution < 1.29 is 13.2 Å². The van der Waals surface area contributed by atoms with Crippen LogP contribution in [0.4, 0.5) is 11.4 Å². The first-order valence-electron chi connectivity index (χ1n) is 5.78. The highest BCUT2D eigenvalue weighted by Crippen LogP contribution is 2.27. The number of benzene rings is 2. The molecule has 2 rings (SSSR count). The second kappa shape index (κ2) is 5.74. The molecule has 5 N–H and O–H groups in total. The lowest BCUT2D eigenvalue weighted by molar-refractivity contribution is 0.100. The summed E-state index contributed by atoms with van der Waals surface area (Å²) in [4.78, 5) is 11.3. The van der Waals surface area contributed by atoms with Gasteiger partial charge < -0.3 is 11.5 Å². The minimum atomic E-state index is -3.91. The Kier molecular flexibility index (Phi) is 4.19. The van der Waals surface area contributed by atoms with Gasteiger partial charge in [0.2, 0.25) is 0 Å². The Morgan fingerprint density at radius 2 is 1.81 bits per heavy atom. The lowest BCUT2D eigenvalue weighted by atomic mass is 10.2. The fourth-order valence-corrected chi connectivity index (χ4v) is 3.79. The van der Waals surface area contributed by atoms with Crippen molar-refractivity contribution in [1.29, 1.82) is 0 Å². The van der Waals surface area contributed by atoms with Crippen molar-refractivity contribution in [2.75, 3.05) is 10.5 Å². The number of hydrogen-bond acceptors (Lipinski definition) is 4. The Labute approximate surface area is 130 Å². The summed E-state index contributed by atoms with van der Waals surface area (Å²) in [7, 11) is -3.91. The van der Waals surface area contributed by atoms with E-state index < -0.39 is 15.9 Å². The van der Waals surface area contributed by atoms with Crippen LogP contribution in [-0.2, 0) is 10.0 Å². The highest BCUT2D eigenvalue weighted by Gasteiger charge is 2.20. The molecule has 0 atom stereocenters. The molecule has 2 aromatic rings. The number of nitrogen functional groups attached to an aromatic ring is 1. The zero-order valence-corrected chi connectivity index (χ0v) is 13.1. The summed E-state index contributed by atoms with van der Waals surface area (Å²) >= 11 is 3.16. The average Bonchev–Trinajstić information content (AvgIpc) is 2.41. The van der Waals surface area contributed by atoms with Crippen molar-refractivity contribution in [1.82, 2.24) is 0 Å². The second-order valence-electron chi connectivity index (χ2n) is 4.21. The molecule has 8 heteroatoms. The summed E-state index contributed by atoms with van der Waals surface area (Å²) in [5, 5.41) is 0. The Morgan fingerprint density at radius 3 is 2.48 bits per heavy atom. The highest BCUT2D eigenvalue weighted by molar-refractivity contribution is 9.10. The van der Waals surface area contributed by atoms with E-state index in [2.05, 4.69) is 20.7 Å². The molecule has 0 aliphatic heterocycles. The zero-order valence-electron chi connectivity index (χ0n) is 10.7. The fourth-order valence-electron chi connectivity index (χ4n) is 1.71. The predicted molar refractivity (Wildman–Crippen MR) is 84.3 cm³/mol. The Balaban J connectivity index is 2.48. The number of amides is 1. The first kappa shape index (κ1) is 15.3. The van der Waals surface area contributed by atoms with Gasteiger partial charge >= 0.3 is 0 Å². The lowest BCUT2D eigenvalue weighted by Gasteiger charge is -2.12. The predicted octanol–water partition coefficient (Wildman–Crippen LogP) is 1.93. The van der Waals surface area contributed by atoms with Gasteiger partial charge in [0, 0.05) is 10.2 Å². The first-order valence-corrected chi connectivity index (χ1v) is 8.05. The normalized spacial score (nSPS) is 11.1. The van der Waals surface area contributed by atoms with Crippen LogP contribution in [0.5, 0.6) is 0 Å². The monoisotopic (exact) mass is 369 g/mol. The first-order chi connectivity index (χ1) is 9.81. The van der Waals surface area contributed by atoms with Gasteiger partial charge in [-0.2, -0.15) is 0 Å². The molecule has 0 aromatic heterocycles. The molecule has 0 bridgehead atoms. The number of primary amides is 1. The van der Waals surface area contributed by atoms with Gasteiger partial charge in [0.25, 0.3) is 15.9 Å². The van der Waals surface area contributed by atoms with Crippen LogP contribution in [-0.4, -0.2) is 14.3 Å². The van der Waals surface area contributed by atoms with Crippen LogP contribution in [0.2, 0.25) is 0 Å². The van der Waals surface area contributed by atoms with E-state index in [9.17, 15) is 13.2 Å². The minimum Gasteiger partial charge on any atom is -0.399 e. The molecule has 0 spiro atoms. The van der Waals surface area contributed by atoms with Gasteiger partial charge in [0.05, 0.1) is 11.3 Å². The number of nitrogens with one attached hydrogen (secondary N) is 1. The number of carbonyl (C=O) groups is 1. The molecule has 6 nitrogen and oxygen atoms in total. The van der Waals surface area contributed by atoms with Crippen LogP contribution in [0.1, 0.15) is 10.4 Å².